The van der Waals surface area contributed by atoms with Crippen molar-refractivity contribution in [3.05, 3.63) is 29.6 Å². The molecule has 1 aromatic carbocycles. The Morgan fingerprint density at radius 2 is 1.86 bits per heavy atom. The normalized spacial score (nSPS) is 17.7. The maximum Gasteiger partial charge on any atom is 0.491 e. The SMILES string of the molecule is CCCCCC1(c2ccc(B(O)O)c(F)c2)CCCCC1. The lowest BCUT2D eigenvalue weighted by atomic mass is 9.66. The van der Waals surface area contributed by atoms with Gasteiger partial charge in [-0.2, -0.15) is 0 Å². The van der Waals surface area contributed by atoms with Gasteiger partial charge in [0.25, 0.3) is 0 Å². The summed E-state index contributed by atoms with van der Waals surface area (Å²) >= 11 is 0. The van der Waals surface area contributed by atoms with Gasteiger partial charge in [0, 0.05) is 5.46 Å². The van der Waals surface area contributed by atoms with E-state index in [4.69, 9.17) is 10.0 Å². The molecule has 0 amide bonds. The average molecular weight is 292 g/mol. The van der Waals surface area contributed by atoms with Gasteiger partial charge in [-0.05, 0) is 36.3 Å². The molecular weight excluding hydrogens is 266 g/mol. The molecule has 1 aliphatic carbocycles. The van der Waals surface area contributed by atoms with Gasteiger partial charge < -0.3 is 10.0 Å². The van der Waals surface area contributed by atoms with Gasteiger partial charge >= 0.3 is 7.12 Å². The lowest BCUT2D eigenvalue weighted by Crippen LogP contribution is -2.35. The summed E-state index contributed by atoms with van der Waals surface area (Å²) in [5, 5.41) is 18.3. The Kier molecular flexibility index (Phi) is 5.83. The van der Waals surface area contributed by atoms with Crippen LogP contribution in [0.1, 0.15) is 70.3 Å². The van der Waals surface area contributed by atoms with Gasteiger partial charge in [0.1, 0.15) is 5.82 Å². The molecule has 1 fully saturated rings. The van der Waals surface area contributed by atoms with Crippen LogP contribution in [0.3, 0.4) is 0 Å². The Morgan fingerprint density at radius 3 is 2.43 bits per heavy atom. The number of halogens is 1. The van der Waals surface area contributed by atoms with Crippen LogP contribution in [0.15, 0.2) is 18.2 Å². The highest BCUT2D eigenvalue weighted by Crippen LogP contribution is 2.43. The van der Waals surface area contributed by atoms with Gasteiger partial charge in [-0.1, -0.05) is 57.6 Å². The second-order valence-electron chi connectivity index (χ2n) is 6.41. The smallest absolute Gasteiger partial charge is 0.423 e. The monoisotopic (exact) mass is 292 g/mol. The molecule has 4 heteroatoms. The van der Waals surface area contributed by atoms with Crippen molar-refractivity contribution in [3.63, 3.8) is 0 Å². The van der Waals surface area contributed by atoms with Crippen molar-refractivity contribution < 1.29 is 14.4 Å². The molecular formula is C17H26BFO2. The molecule has 0 unspecified atom stereocenters. The van der Waals surface area contributed by atoms with E-state index in [1.807, 2.05) is 6.07 Å². The van der Waals surface area contributed by atoms with E-state index < -0.39 is 12.9 Å². The maximum atomic E-state index is 14.1. The van der Waals surface area contributed by atoms with Gasteiger partial charge in [-0.3, -0.25) is 0 Å². The van der Waals surface area contributed by atoms with Crippen molar-refractivity contribution in [2.24, 2.45) is 0 Å². The van der Waals surface area contributed by atoms with Gasteiger partial charge in [0.15, 0.2) is 0 Å². The first-order chi connectivity index (χ1) is 10.1. The van der Waals surface area contributed by atoms with Gasteiger partial charge in [-0.25, -0.2) is 4.39 Å². The molecule has 0 atom stereocenters. The molecule has 2 nitrogen and oxygen atoms in total. The summed E-state index contributed by atoms with van der Waals surface area (Å²) in [4.78, 5) is 0. The molecule has 0 radical (unpaired) electrons. The van der Waals surface area contributed by atoms with E-state index in [-0.39, 0.29) is 10.9 Å². The minimum atomic E-state index is -1.73. The highest BCUT2D eigenvalue weighted by Gasteiger charge is 2.34. The summed E-state index contributed by atoms with van der Waals surface area (Å²) in [6, 6.07) is 4.96. The standard InChI is InChI=1S/C17H26BFO2/c1-2-3-5-10-17(11-6-4-7-12-17)14-8-9-15(18(20)21)16(19)13-14/h8-9,13,20-21H,2-7,10-12H2,1H3. The predicted octanol–water partition coefficient (Wildman–Crippen LogP) is 3.29. The summed E-state index contributed by atoms with van der Waals surface area (Å²) in [5.74, 6) is -0.497. The molecule has 0 bridgehead atoms. The molecule has 1 aliphatic rings. The van der Waals surface area contributed by atoms with Crippen LogP contribution in [0, 0.1) is 5.82 Å². The number of rotatable bonds is 6. The van der Waals surface area contributed by atoms with Gasteiger partial charge in [0.2, 0.25) is 0 Å². The van der Waals surface area contributed by atoms with E-state index in [9.17, 15) is 4.39 Å². The third kappa shape index (κ3) is 3.86. The molecule has 0 saturated heterocycles. The Balaban J connectivity index is 2.25. The maximum absolute atomic E-state index is 14.1. The molecule has 0 heterocycles. The Labute approximate surface area is 127 Å². The fourth-order valence-electron chi connectivity index (χ4n) is 3.69. The van der Waals surface area contributed by atoms with E-state index in [1.165, 1.54) is 50.7 Å². The van der Waals surface area contributed by atoms with Crippen LogP contribution in [0.25, 0.3) is 0 Å². The van der Waals surface area contributed by atoms with E-state index in [0.29, 0.717) is 0 Å². The van der Waals surface area contributed by atoms with Crippen LogP contribution in [0.4, 0.5) is 4.39 Å². The zero-order valence-corrected chi connectivity index (χ0v) is 12.9. The average Bonchev–Trinajstić information content (AvgIpc) is 2.48. The molecule has 1 saturated carbocycles. The fraction of sp³-hybridized carbons (Fsp3) is 0.647. The quantitative estimate of drug-likeness (QED) is 0.624. The Hall–Kier alpha value is -0.865. The first kappa shape index (κ1) is 16.5. The Morgan fingerprint density at radius 1 is 1.14 bits per heavy atom. The molecule has 0 aromatic heterocycles. The minimum Gasteiger partial charge on any atom is -0.423 e. The van der Waals surface area contributed by atoms with E-state index in [2.05, 4.69) is 6.92 Å². The summed E-state index contributed by atoms with van der Waals surface area (Å²) < 4.78 is 14.1. The number of unbranched alkanes of at least 4 members (excludes halogenated alkanes) is 2. The topological polar surface area (TPSA) is 40.5 Å². The van der Waals surface area contributed by atoms with Crippen molar-refractivity contribution in [1.29, 1.82) is 0 Å². The van der Waals surface area contributed by atoms with Crippen molar-refractivity contribution in [1.82, 2.24) is 0 Å². The summed E-state index contributed by atoms with van der Waals surface area (Å²) in [7, 11) is -1.73. The molecule has 2 N–H and O–H groups in total. The molecule has 2 rings (SSSR count). The lowest BCUT2D eigenvalue weighted by Gasteiger charge is -2.38. The highest BCUT2D eigenvalue weighted by atomic mass is 19.1. The van der Waals surface area contributed by atoms with Crippen molar-refractivity contribution >= 4 is 12.6 Å². The van der Waals surface area contributed by atoms with E-state index in [0.717, 1.165) is 24.8 Å². The number of benzene rings is 1. The fourth-order valence-corrected chi connectivity index (χ4v) is 3.69. The summed E-state index contributed by atoms with van der Waals surface area (Å²) in [6.07, 6.45) is 10.6. The van der Waals surface area contributed by atoms with Crippen LogP contribution >= 0.6 is 0 Å². The predicted molar refractivity (Wildman–Crippen MR) is 85.1 cm³/mol. The zero-order chi connectivity index (χ0) is 15.3. The molecule has 116 valence electrons. The molecule has 21 heavy (non-hydrogen) atoms. The van der Waals surface area contributed by atoms with Crippen LogP contribution in [0.5, 0.6) is 0 Å². The second kappa shape index (κ2) is 7.41. The molecule has 1 aromatic rings. The Bertz CT molecular complexity index is 456. The summed E-state index contributed by atoms with van der Waals surface area (Å²) in [6.45, 7) is 2.20. The van der Waals surface area contributed by atoms with E-state index >= 15 is 0 Å². The van der Waals surface area contributed by atoms with E-state index in [1.54, 1.807) is 0 Å². The van der Waals surface area contributed by atoms with Crippen LogP contribution in [-0.2, 0) is 5.41 Å². The lowest BCUT2D eigenvalue weighted by molar-refractivity contribution is 0.265. The molecule has 0 spiro atoms. The third-order valence-corrected chi connectivity index (χ3v) is 4.96. The first-order valence-electron chi connectivity index (χ1n) is 8.25. The first-order valence-corrected chi connectivity index (χ1v) is 8.25. The van der Waals surface area contributed by atoms with Crippen LogP contribution in [-0.4, -0.2) is 17.2 Å². The van der Waals surface area contributed by atoms with Gasteiger partial charge in [-0.15, -0.1) is 0 Å². The van der Waals surface area contributed by atoms with Crippen LogP contribution in [0.2, 0.25) is 0 Å². The number of hydrogen-bond donors (Lipinski definition) is 2. The highest BCUT2D eigenvalue weighted by molar-refractivity contribution is 6.58. The zero-order valence-electron chi connectivity index (χ0n) is 12.9. The van der Waals surface area contributed by atoms with Crippen LogP contribution < -0.4 is 5.46 Å². The van der Waals surface area contributed by atoms with Crippen molar-refractivity contribution in [2.45, 2.75) is 70.1 Å². The summed E-state index contributed by atoms with van der Waals surface area (Å²) in [5.41, 5.74) is 1.10. The van der Waals surface area contributed by atoms with Gasteiger partial charge in [0.05, 0.1) is 0 Å². The third-order valence-electron chi connectivity index (χ3n) is 4.96. The van der Waals surface area contributed by atoms with Crippen molar-refractivity contribution in [2.75, 3.05) is 0 Å². The molecule has 0 aliphatic heterocycles. The largest absolute Gasteiger partial charge is 0.491 e. The van der Waals surface area contributed by atoms with Crippen molar-refractivity contribution in [3.8, 4) is 0 Å². The second-order valence-corrected chi connectivity index (χ2v) is 6.41. The number of hydrogen-bond acceptors (Lipinski definition) is 2. The minimum absolute atomic E-state index is 0.0294.